The highest BCUT2D eigenvalue weighted by molar-refractivity contribution is 5.43. The number of piperazine rings is 1. The number of tetrazole rings is 1. The lowest BCUT2D eigenvalue weighted by Crippen LogP contribution is -3.27. The molecule has 31 heavy (non-hydrogen) atoms. The Labute approximate surface area is 181 Å². The zero-order valence-corrected chi connectivity index (χ0v) is 18.1. The summed E-state index contributed by atoms with van der Waals surface area (Å²) in [4.78, 5) is 2.90. The molecule has 1 fully saturated rings. The minimum atomic E-state index is -0.260. The summed E-state index contributed by atoms with van der Waals surface area (Å²) in [5.74, 6) is 2.04. The first kappa shape index (κ1) is 21.2. The van der Waals surface area contributed by atoms with Crippen molar-refractivity contribution >= 4 is 0 Å². The topological polar surface area (TPSA) is 70.9 Å². The molecule has 1 aliphatic rings. The Morgan fingerprint density at radius 2 is 1.77 bits per heavy atom. The largest absolute Gasteiger partial charge is 0.497 e. The molecule has 0 saturated carbocycles. The van der Waals surface area contributed by atoms with Gasteiger partial charge in [0.2, 0.25) is 5.82 Å². The maximum atomic E-state index is 13.3. The third kappa shape index (κ3) is 4.67. The molecule has 1 aliphatic heterocycles. The van der Waals surface area contributed by atoms with Gasteiger partial charge < -0.3 is 19.3 Å². The summed E-state index contributed by atoms with van der Waals surface area (Å²) < 4.78 is 26.4. The molecule has 9 heteroatoms. The van der Waals surface area contributed by atoms with Crippen molar-refractivity contribution in [3.63, 3.8) is 0 Å². The first-order valence-corrected chi connectivity index (χ1v) is 10.5. The van der Waals surface area contributed by atoms with E-state index >= 15 is 0 Å². The average molecular weight is 429 g/mol. The van der Waals surface area contributed by atoms with Crippen molar-refractivity contribution < 1.29 is 23.7 Å². The van der Waals surface area contributed by atoms with Crippen molar-refractivity contribution in [2.75, 3.05) is 47.4 Å². The Kier molecular flexibility index (Phi) is 6.43. The van der Waals surface area contributed by atoms with Crippen LogP contribution in [0.2, 0.25) is 0 Å². The molecule has 1 atom stereocenters. The fourth-order valence-corrected chi connectivity index (χ4v) is 4.19. The van der Waals surface area contributed by atoms with Crippen LogP contribution in [0, 0.1) is 5.82 Å². The smallest absolute Gasteiger partial charge is 0.214 e. The average Bonchev–Trinajstić information content (AvgIpc) is 3.24. The Hall–Kier alpha value is -3.04. The highest BCUT2D eigenvalue weighted by Gasteiger charge is 2.37. The summed E-state index contributed by atoms with van der Waals surface area (Å²) in [7, 11) is 5.55. The van der Waals surface area contributed by atoms with E-state index in [0.717, 1.165) is 54.6 Å². The second-order valence-electron chi connectivity index (χ2n) is 7.98. The predicted molar refractivity (Wildman–Crippen MR) is 112 cm³/mol. The van der Waals surface area contributed by atoms with E-state index < -0.39 is 0 Å². The van der Waals surface area contributed by atoms with Gasteiger partial charge in [-0.25, -0.2) is 9.07 Å². The maximum Gasteiger partial charge on any atom is 0.214 e. The van der Waals surface area contributed by atoms with Crippen LogP contribution in [0.4, 0.5) is 4.39 Å². The van der Waals surface area contributed by atoms with Crippen molar-refractivity contribution in [3.05, 3.63) is 65.2 Å². The first-order chi connectivity index (χ1) is 15.1. The fraction of sp³-hybridized carbons (Fsp3) is 0.409. The van der Waals surface area contributed by atoms with Gasteiger partial charge in [0.15, 0.2) is 6.04 Å². The van der Waals surface area contributed by atoms with Gasteiger partial charge in [-0.1, -0.05) is 12.1 Å². The number of aromatic nitrogens is 4. The standard InChI is InChI=1S/C22H27FN6O2/c1-27-10-12-28(13-11-27)21(19-14-18(30-2)8-9-20(19)31-3)22-24-25-26-29(22)15-16-4-6-17(23)7-5-16/h4-9,14,21H,10-13,15H2,1-3H3/p+2/t21-/m0/s1. The highest BCUT2D eigenvalue weighted by Crippen LogP contribution is 2.31. The lowest BCUT2D eigenvalue weighted by Gasteiger charge is -2.33. The molecule has 0 spiro atoms. The molecule has 2 heterocycles. The van der Waals surface area contributed by atoms with Crippen LogP contribution in [0.15, 0.2) is 42.5 Å². The summed E-state index contributed by atoms with van der Waals surface area (Å²) in [6.45, 7) is 4.57. The lowest BCUT2D eigenvalue weighted by molar-refractivity contribution is -1.02. The monoisotopic (exact) mass is 428 g/mol. The minimum absolute atomic E-state index is 0.117. The van der Waals surface area contributed by atoms with E-state index in [1.54, 1.807) is 31.0 Å². The summed E-state index contributed by atoms with van der Waals surface area (Å²) in [6, 6.07) is 12.1. The van der Waals surface area contributed by atoms with Gasteiger partial charge in [-0.05, 0) is 46.3 Å². The Bertz CT molecular complexity index is 1000. The molecule has 4 rings (SSSR count). The molecule has 0 aliphatic carbocycles. The van der Waals surface area contributed by atoms with Crippen molar-refractivity contribution in [2.24, 2.45) is 0 Å². The first-order valence-electron chi connectivity index (χ1n) is 10.5. The number of hydrogen-bond donors (Lipinski definition) is 2. The van der Waals surface area contributed by atoms with Gasteiger partial charge in [-0.15, -0.1) is 5.10 Å². The zero-order valence-electron chi connectivity index (χ0n) is 18.1. The van der Waals surface area contributed by atoms with Crippen molar-refractivity contribution in [1.82, 2.24) is 20.2 Å². The SMILES string of the molecule is COc1ccc(OC)c([C@@H](c2nnnn2Cc2ccc(F)cc2)[NH+]2CC[NH+](C)CC2)c1. The second-order valence-corrected chi connectivity index (χ2v) is 7.98. The zero-order chi connectivity index (χ0) is 21.8. The molecular weight excluding hydrogens is 399 g/mol. The van der Waals surface area contributed by atoms with Crippen LogP contribution in [-0.4, -0.2) is 67.7 Å². The van der Waals surface area contributed by atoms with Crippen LogP contribution in [0.3, 0.4) is 0 Å². The normalized spacial score (nSPS) is 19.7. The van der Waals surface area contributed by atoms with Crippen molar-refractivity contribution in [1.29, 1.82) is 0 Å². The van der Waals surface area contributed by atoms with Crippen molar-refractivity contribution in [2.45, 2.75) is 12.6 Å². The molecule has 164 valence electrons. The minimum Gasteiger partial charge on any atom is -0.497 e. The summed E-state index contributed by atoms with van der Waals surface area (Å²) >= 11 is 0. The van der Waals surface area contributed by atoms with Gasteiger partial charge in [0.05, 0.1) is 33.4 Å². The number of likely N-dealkylation sites (N-methyl/N-ethyl adjacent to an activating group) is 1. The summed E-state index contributed by atoms with van der Waals surface area (Å²) in [5, 5.41) is 12.7. The Morgan fingerprint density at radius 1 is 1.03 bits per heavy atom. The van der Waals surface area contributed by atoms with Gasteiger partial charge >= 0.3 is 0 Å². The molecular formula is C22H29FN6O2+2. The summed E-state index contributed by atoms with van der Waals surface area (Å²) in [5.41, 5.74) is 1.93. The molecule has 0 unspecified atom stereocenters. The number of hydrogen-bond acceptors (Lipinski definition) is 5. The molecule has 1 aromatic heterocycles. The van der Waals surface area contributed by atoms with Gasteiger partial charge in [-0.3, -0.25) is 0 Å². The lowest BCUT2D eigenvalue weighted by atomic mass is 10.0. The third-order valence-corrected chi connectivity index (χ3v) is 5.97. The van der Waals surface area contributed by atoms with E-state index in [9.17, 15) is 4.39 Å². The van der Waals surface area contributed by atoms with E-state index in [0.29, 0.717) is 6.54 Å². The van der Waals surface area contributed by atoms with E-state index in [4.69, 9.17) is 9.47 Å². The Balaban J connectivity index is 1.76. The van der Waals surface area contributed by atoms with Crippen LogP contribution >= 0.6 is 0 Å². The van der Waals surface area contributed by atoms with Crippen LogP contribution in [0.25, 0.3) is 0 Å². The molecule has 0 bridgehead atoms. The van der Waals surface area contributed by atoms with E-state index in [-0.39, 0.29) is 11.9 Å². The van der Waals surface area contributed by atoms with Crippen LogP contribution in [0.1, 0.15) is 23.0 Å². The maximum absolute atomic E-state index is 13.3. The van der Waals surface area contributed by atoms with Crippen LogP contribution in [-0.2, 0) is 6.54 Å². The van der Waals surface area contributed by atoms with Crippen molar-refractivity contribution in [3.8, 4) is 11.5 Å². The summed E-state index contributed by atoms with van der Waals surface area (Å²) in [6.07, 6.45) is 0. The number of halogens is 1. The number of methoxy groups -OCH3 is 2. The van der Waals surface area contributed by atoms with Gasteiger partial charge in [0.25, 0.3) is 0 Å². The fourth-order valence-electron chi connectivity index (χ4n) is 4.19. The van der Waals surface area contributed by atoms with Crippen LogP contribution in [0.5, 0.6) is 11.5 Å². The molecule has 3 aromatic rings. The van der Waals surface area contributed by atoms with E-state index in [2.05, 4.69) is 22.6 Å². The molecule has 2 N–H and O–H groups in total. The number of ether oxygens (including phenoxy) is 2. The number of nitrogens with zero attached hydrogens (tertiary/aromatic N) is 4. The van der Waals surface area contributed by atoms with Gasteiger partial charge in [-0.2, -0.15) is 0 Å². The molecule has 2 aromatic carbocycles. The van der Waals surface area contributed by atoms with E-state index in [1.165, 1.54) is 21.9 Å². The van der Waals surface area contributed by atoms with Crippen LogP contribution < -0.4 is 19.3 Å². The van der Waals surface area contributed by atoms with Gasteiger partial charge in [0, 0.05) is 0 Å². The number of rotatable bonds is 7. The predicted octanol–water partition coefficient (Wildman–Crippen LogP) is -0.620. The second kappa shape index (κ2) is 9.40. The number of nitrogens with one attached hydrogen (secondary N) is 2. The van der Waals surface area contributed by atoms with E-state index in [1.807, 2.05) is 18.2 Å². The number of benzene rings is 2. The third-order valence-electron chi connectivity index (χ3n) is 5.97. The quantitative estimate of drug-likeness (QED) is 0.525. The number of quaternary nitrogens is 2. The Morgan fingerprint density at radius 3 is 2.45 bits per heavy atom. The molecule has 8 nitrogen and oxygen atoms in total. The highest BCUT2D eigenvalue weighted by atomic mass is 19.1. The molecule has 0 amide bonds. The molecule has 1 saturated heterocycles. The van der Waals surface area contributed by atoms with Gasteiger partial charge in [0.1, 0.15) is 43.5 Å². The molecule has 0 radical (unpaired) electrons.